The van der Waals surface area contributed by atoms with E-state index in [1.165, 1.54) is 12.8 Å². The first-order valence-corrected chi connectivity index (χ1v) is 9.03. The molecule has 1 aliphatic heterocycles. The van der Waals surface area contributed by atoms with Gasteiger partial charge in [0, 0.05) is 51.0 Å². The molecule has 0 aromatic carbocycles. The van der Waals surface area contributed by atoms with Gasteiger partial charge in [-0.05, 0) is 25.0 Å². The third-order valence-corrected chi connectivity index (χ3v) is 5.05. The Morgan fingerprint density at radius 3 is 2.56 bits per heavy atom. The zero-order valence-electron chi connectivity index (χ0n) is 14.2. The van der Waals surface area contributed by atoms with E-state index in [0.29, 0.717) is 5.92 Å². The van der Waals surface area contributed by atoms with Crippen LogP contribution >= 0.6 is 0 Å². The number of hydrogen-bond donors (Lipinski definition) is 0. The van der Waals surface area contributed by atoms with Crippen LogP contribution in [-0.2, 0) is 13.1 Å². The molecule has 0 amide bonds. The number of hydrogen-bond acceptors (Lipinski definition) is 6. The number of rotatable bonds is 5. The van der Waals surface area contributed by atoms with Gasteiger partial charge in [0.2, 0.25) is 5.89 Å². The van der Waals surface area contributed by atoms with Gasteiger partial charge < -0.3 is 8.92 Å². The average Bonchev–Trinajstić information content (AvgIpc) is 3.24. The molecule has 0 atom stereocenters. The van der Waals surface area contributed by atoms with E-state index < -0.39 is 0 Å². The van der Waals surface area contributed by atoms with Crippen molar-refractivity contribution in [3.8, 4) is 0 Å². The van der Waals surface area contributed by atoms with Gasteiger partial charge in [-0.2, -0.15) is 4.98 Å². The van der Waals surface area contributed by atoms with Gasteiger partial charge in [0.05, 0.1) is 12.2 Å². The molecular formula is C18H22N6O. The van der Waals surface area contributed by atoms with Crippen LogP contribution in [0.5, 0.6) is 0 Å². The molecule has 2 aliphatic rings. The Morgan fingerprint density at radius 1 is 1.00 bits per heavy atom. The van der Waals surface area contributed by atoms with Crippen molar-refractivity contribution in [2.45, 2.75) is 31.8 Å². The molecule has 0 bridgehead atoms. The van der Waals surface area contributed by atoms with Crippen molar-refractivity contribution in [1.29, 1.82) is 0 Å². The van der Waals surface area contributed by atoms with E-state index >= 15 is 0 Å². The van der Waals surface area contributed by atoms with Crippen molar-refractivity contribution in [2.75, 3.05) is 26.2 Å². The van der Waals surface area contributed by atoms with Gasteiger partial charge in [0.15, 0.2) is 5.82 Å². The first-order chi connectivity index (χ1) is 12.3. The summed E-state index contributed by atoms with van der Waals surface area (Å²) in [7, 11) is 0. The molecule has 0 radical (unpaired) electrons. The molecule has 1 aliphatic carbocycles. The Bertz CT molecular complexity index is 826. The van der Waals surface area contributed by atoms with Crippen LogP contribution in [0.3, 0.4) is 0 Å². The fourth-order valence-corrected chi connectivity index (χ4v) is 3.43. The van der Waals surface area contributed by atoms with Crippen LogP contribution in [0.1, 0.15) is 36.2 Å². The van der Waals surface area contributed by atoms with Gasteiger partial charge in [-0.15, -0.1) is 0 Å². The summed E-state index contributed by atoms with van der Waals surface area (Å²) in [5.41, 5.74) is 2.14. The fourth-order valence-electron chi connectivity index (χ4n) is 3.43. The molecule has 7 nitrogen and oxygen atoms in total. The van der Waals surface area contributed by atoms with E-state index in [2.05, 4.69) is 30.5 Å². The molecule has 25 heavy (non-hydrogen) atoms. The zero-order chi connectivity index (χ0) is 16.6. The largest absolute Gasteiger partial charge is 0.338 e. The predicted octanol–water partition coefficient (Wildman–Crippen LogP) is 1.91. The van der Waals surface area contributed by atoms with Gasteiger partial charge in [-0.1, -0.05) is 11.2 Å². The summed E-state index contributed by atoms with van der Waals surface area (Å²) in [6.45, 7) is 5.79. The molecule has 4 heterocycles. The molecule has 1 saturated heterocycles. The Morgan fingerprint density at radius 2 is 1.80 bits per heavy atom. The molecule has 3 aromatic heterocycles. The highest BCUT2D eigenvalue weighted by molar-refractivity contribution is 5.39. The molecule has 1 saturated carbocycles. The molecular weight excluding hydrogens is 316 g/mol. The lowest BCUT2D eigenvalue weighted by Crippen LogP contribution is -2.45. The van der Waals surface area contributed by atoms with E-state index in [-0.39, 0.29) is 0 Å². The second kappa shape index (κ2) is 6.24. The molecule has 3 aromatic rings. The van der Waals surface area contributed by atoms with E-state index in [1.807, 2.05) is 24.4 Å². The van der Waals surface area contributed by atoms with Crippen LogP contribution in [0.25, 0.3) is 5.65 Å². The SMILES string of the molecule is c1ccn2cc(CN3CCN(Cc4nc(C5CC5)no4)CC3)nc2c1. The highest BCUT2D eigenvalue weighted by Crippen LogP contribution is 2.38. The highest BCUT2D eigenvalue weighted by atomic mass is 16.5. The van der Waals surface area contributed by atoms with Crippen molar-refractivity contribution in [3.05, 3.63) is 48.0 Å². The number of fused-ring (bicyclic) bond motifs is 1. The molecule has 7 heteroatoms. The highest BCUT2D eigenvalue weighted by Gasteiger charge is 2.29. The number of imidazole rings is 1. The maximum atomic E-state index is 5.40. The standard InChI is InChI=1S/C18H22N6O/c1-2-6-24-12-15(19-16(24)3-1)11-22-7-9-23(10-8-22)13-17-20-18(21-25-17)14-4-5-14/h1-3,6,12,14H,4-5,7-11,13H2. The summed E-state index contributed by atoms with van der Waals surface area (Å²) in [6.07, 6.45) is 6.59. The molecule has 0 unspecified atom stereocenters. The topological polar surface area (TPSA) is 62.7 Å². The van der Waals surface area contributed by atoms with Crippen LogP contribution in [0.2, 0.25) is 0 Å². The van der Waals surface area contributed by atoms with E-state index in [9.17, 15) is 0 Å². The second-order valence-electron chi connectivity index (χ2n) is 7.07. The molecule has 2 fully saturated rings. The first-order valence-electron chi connectivity index (χ1n) is 9.03. The Kier molecular flexibility index (Phi) is 3.75. The van der Waals surface area contributed by atoms with Crippen molar-refractivity contribution < 1.29 is 4.52 Å². The zero-order valence-corrected chi connectivity index (χ0v) is 14.2. The van der Waals surface area contributed by atoms with Gasteiger partial charge >= 0.3 is 0 Å². The van der Waals surface area contributed by atoms with Crippen molar-refractivity contribution in [3.63, 3.8) is 0 Å². The number of nitrogens with zero attached hydrogens (tertiary/aromatic N) is 6. The van der Waals surface area contributed by atoms with Crippen molar-refractivity contribution in [2.24, 2.45) is 0 Å². The number of piperazine rings is 1. The molecule has 0 spiro atoms. The normalized spacial score (nSPS) is 19.7. The Balaban J connectivity index is 1.15. The summed E-state index contributed by atoms with van der Waals surface area (Å²) < 4.78 is 7.48. The third kappa shape index (κ3) is 3.29. The van der Waals surface area contributed by atoms with Crippen LogP contribution in [0.15, 0.2) is 35.1 Å². The van der Waals surface area contributed by atoms with Crippen LogP contribution in [0.4, 0.5) is 0 Å². The first kappa shape index (κ1) is 15.0. The van der Waals surface area contributed by atoms with Gasteiger partial charge in [-0.3, -0.25) is 9.80 Å². The molecule has 130 valence electrons. The van der Waals surface area contributed by atoms with Crippen molar-refractivity contribution in [1.82, 2.24) is 29.3 Å². The minimum absolute atomic E-state index is 0.555. The van der Waals surface area contributed by atoms with Gasteiger partial charge in [0.1, 0.15) is 5.65 Å². The third-order valence-electron chi connectivity index (χ3n) is 5.05. The summed E-state index contributed by atoms with van der Waals surface area (Å²) in [6, 6.07) is 6.10. The maximum absolute atomic E-state index is 5.40. The smallest absolute Gasteiger partial charge is 0.240 e. The van der Waals surface area contributed by atoms with Crippen LogP contribution in [-0.4, -0.2) is 55.5 Å². The quantitative estimate of drug-likeness (QED) is 0.708. The van der Waals surface area contributed by atoms with Gasteiger partial charge in [-0.25, -0.2) is 4.98 Å². The summed E-state index contributed by atoms with van der Waals surface area (Å²) in [5.74, 6) is 2.22. The van der Waals surface area contributed by atoms with Crippen molar-refractivity contribution >= 4 is 5.65 Å². The average molecular weight is 338 g/mol. The Hall–Kier alpha value is -2.25. The second-order valence-corrected chi connectivity index (χ2v) is 7.07. The maximum Gasteiger partial charge on any atom is 0.240 e. The summed E-state index contributed by atoms with van der Waals surface area (Å²) in [5, 5.41) is 4.10. The molecule has 0 N–H and O–H groups in total. The molecule has 5 rings (SSSR count). The van der Waals surface area contributed by atoms with E-state index in [0.717, 1.165) is 62.3 Å². The monoisotopic (exact) mass is 338 g/mol. The minimum Gasteiger partial charge on any atom is -0.338 e. The van der Waals surface area contributed by atoms with Crippen LogP contribution in [0, 0.1) is 0 Å². The Labute approximate surface area is 146 Å². The van der Waals surface area contributed by atoms with E-state index in [4.69, 9.17) is 9.51 Å². The predicted molar refractivity (Wildman–Crippen MR) is 92.0 cm³/mol. The fraction of sp³-hybridized carbons (Fsp3) is 0.500. The van der Waals surface area contributed by atoms with E-state index in [1.54, 1.807) is 0 Å². The minimum atomic E-state index is 0.555. The lowest BCUT2D eigenvalue weighted by atomic mass is 10.3. The number of aromatic nitrogens is 4. The van der Waals surface area contributed by atoms with Gasteiger partial charge in [0.25, 0.3) is 0 Å². The number of pyridine rings is 1. The summed E-state index contributed by atoms with van der Waals surface area (Å²) >= 11 is 0. The lowest BCUT2D eigenvalue weighted by molar-refractivity contribution is 0.111. The lowest BCUT2D eigenvalue weighted by Gasteiger charge is -2.33. The summed E-state index contributed by atoms with van der Waals surface area (Å²) in [4.78, 5) is 14.1. The van der Waals surface area contributed by atoms with Crippen LogP contribution < -0.4 is 0 Å².